The van der Waals surface area contributed by atoms with Gasteiger partial charge in [0.25, 0.3) is 0 Å². The zero-order valence-corrected chi connectivity index (χ0v) is 12.7. The van der Waals surface area contributed by atoms with Gasteiger partial charge in [-0.15, -0.1) is 10.2 Å². The maximum absolute atomic E-state index is 12.8. The van der Waals surface area contributed by atoms with E-state index in [0.717, 1.165) is 24.0 Å². The molecule has 0 amide bonds. The van der Waals surface area contributed by atoms with E-state index in [1.165, 1.54) is 34.7 Å². The van der Waals surface area contributed by atoms with Crippen LogP contribution in [-0.2, 0) is 6.18 Å². The Bertz CT molecular complexity index is 890. The van der Waals surface area contributed by atoms with Crippen molar-refractivity contribution in [1.82, 2.24) is 14.6 Å². The number of halogens is 4. The van der Waals surface area contributed by atoms with Crippen LogP contribution < -0.4 is 0 Å². The molecule has 9 heteroatoms. The lowest BCUT2D eigenvalue weighted by molar-refractivity contribution is -0.137. The van der Waals surface area contributed by atoms with Crippen molar-refractivity contribution in [1.29, 1.82) is 0 Å². The number of hydrogen-bond donors (Lipinski definition) is 0. The van der Waals surface area contributed by atoms with Crippen molar-refractivity contribution in [2.24, 2.45) is 0 Å². The molecule has 1 aromatic carbocycles. The molecule has 0 bridgehead atoms. The van der Waals surface area contributed by atoms with Crippen LogP contribution in [0.1, 0.15) is 15.9 Å². The molecule has 0 saturated heterocycles. The summed E-state index contributed by atoms with van der Waals surface area (Å²) in [5, 5.41) is 7.74. The van der Waals surface area contributed by atoms with Crippen LogP contribution in [0.25, 0.3) is 5.65 Å². The first kappa shape index (κ1) is 16.4. The van der Waals surface area contributed by atoms with Crippen LogP contribution in [0.3, 0.4) is 0 Å². The molecule has 0 N–H and O–H groups in total. The first-order chi connectivity index (χ1) is 11.3. The fourth-order valence-corrected chi connectivity index (χ4v) is 2.80. The van der Waals surface area contributed by atoms with Crippen LogP contribution >= 0.6 is 11.8 Å². The molecule has 2 aromatic heterocycles. The van der Waals surface area contributed by atoms with Crippen LogP contribution in [0.15, 0.2) is 47.8 Å². The van der Waals surface area contributed by atoms with E-state index < -0.39 is 17.6 Å². The minimum Gasteiger partial charge on any atom is -0.293 e. The number of alkyl halides is 3. The largest absolute Gasteiger partial charge is 0.417 e. The van der Waals surface area contributed by atoms with Crippen molar-refractivity contribution in [2.45, 2.75) is 11.3 Å². The Morgan fingerprint density at radius 3 is 2.46 bits per heavy atom. The summed E-state index contributed by atoms with van der Waals surface area (Å²) in [7, 11) is 0. The van der Waals surface area contributed by atoms with E-state index in [4.69, 9.17) is 0 Å². The molecular weight excluding hydrogens is 346 g/mol. The van der Waals surface area contributed by atoms with Crippen molar-refractivity contribution in [2.75, 3.05) is 5.75 Å². The fourth-order valence-electron chi connectivity index (χ4n) is 1.99. The summed E-state index contributed by atoms with van der Waals surface area (Å²) in [5.74, 6) is -0.797. The molecule has 2 heterocycles. The number of carbonyl (C=O) groups is 1. The van der Waals surface area contributed by atoms with Crippen LogP contribution in [-0.4, -0.2) is 26.1 Å². The van der Waals surface area contributed by atoms with Gasteiger partial charge in [0.05, 0.1) is 11.3 Å². The molecule has 0 aliphatic rings. The summed E-state index contributed by atoms with van der Waals surface area (Å²) in [6.45, 7) is 0. The number of hydrogen-bond acceptors (Lipinski definition) is 4. The van der Waals surface area contributed by atoms with E-state index in [1.807, 2.05) is 0 Å². The Morgan fingerprint density at radius 1 is 1.08 bits per heavy atom. The second-order valence-electron chi connectivity index (χ2n) is 4.85. The first-order valence-corrected chi connectivity index (χ1v) is 7.67. The second-order valence-corrected chi connectivity index (χ2v) is 5.79. The molecule has 124 valence electrons. The van der Waals surface area contributed by atoms with Crippen LogP contribution in [0, 0.1) is 5.82 Å². The molecule has 0 atom stereocenters. The topological polar surface area (TPSA) is 47.3 Å². The van der Waals surface area contributed by atoms with Gasteiger partial charge in [0.15, 0.2) is 16.6 Å². The number of ketones is 1. The van der Waals surface area contributed by atoms with E-state index in [9.17, 15) is 22.4 Å². The number of benzene rings is 1. The SMILES string of the molecule is O=C(CSc1nnc2ccc(C(F)(F)F)cn12)c1ccc(F)cc1. The minimum absolute atomic E-state index is 0.0529. The van der Waals surface area contributed by atoms with Gasteiger partial charge in [0.2, 0.25) is 0 Å². The molecule has 0 radical (unpaired) electrons. The number of rotatable bonds is 4. The van der Waals surface area contributed by atoms with Gasteiger partial charge in [-0.2, -0.15) is 13.2 Å². The third kappa shape index (κ3) is 3.40. The third-order valence-electron chi connectivity index (χ3n) is 3.20. The highest BCUT2D eigenvalue weighted by atomic mass is 32.2. The zero-order valence-electron chi connectivity index (χ0n) is 11.9. The highest BCUT2D eigenvalue weighted by molar-refractivity contribution is 7.99. The van der Waals surface area contributed by atoms with Crippen LogP contribution in [0.4, 0.5) is 17.6 Å². The quantitative estimate of drug-likeness (QED) is 0.405. The maximum Gasteiger partial charge on any atom is 0.417 e. The molecule has 0 spiro atoms. The fraction of sp³-hybridized carbons (Fsp3) is 0.133. The summed E-state index contributed by atoms with van der Waals surface area (Å²) in [6, 6.07) is 7.16. The highest BCUT2D eigenvalue weighted by Gasteiger charge is 2.31. The number of thioether (sulfide) groups is 1. The zero-order chi connectivity index (χ0) is 17.3. The van der Waals surface area contributed by atoms with Gasteiger partial charge in [0.1, 0.15) is 5.82 Å². The summed E-state index contributed by atoms with van der Waals surface area (Å²) in [4.78, 5) is 12.0. The molecule has 0 fully saturated rings. The van der Waals surface area contributed by atoms with Crippen molar-refractivity contribution >= 4 is 23.2 Å². The minimum atomic E-state index is -4.48. The smallest absolute Gasteiger partial charge is 0.293 e. The molecule has 3 aromatic rings. The van der Waals surface area contributed by atoms with E-state index in [-0.39, 0.29) is 22.3 Å². The van der Waals surface area contributed by atoms with E-state index >= 15 is 0 Å². The lowest BCUT2D eigenvalue weighted by Gasteiger charge is -2.07. The Kier molecular flexibility index (Phi) is 4.27. The van der Waals surface area contributed by atoms with Gasteiger partial charge in [-0.1, -0.05) is 11.8 Å². The van der Waals surface area contributed by atoms with Gasteiger partial charge < -0.3 is 0 Å². The normalized spacial score (nSPS) is 11.8. The number of pyridine rings is 1. The van der Waals surface area contributed by atoms with E-state index in [0.29, 0.717) is 5.56 Å². The monoisotopic (exact) mass is 355 g/mol. The van der Waals surface area contributed by atoms with Gasteiger partial charge in [-0.05, 0) is 36.4 Å². The number of Topliss-reactive ketones (excluding diaryl/α,β-unsaturated/α-hetero) is 1. The van der Waals surface area contributed by atoms with E-state index in [1.54, 1.807) is 0 Å². The summed E-state index contributed by atoms with van der Waals surface area (Å²) >= 11 is 0.962. The van der Waals surface area contributed by atoms with E-state index in [2.05, 4.69) is 10.2 Å². The number of fused-ring (bicyclic) bond motifs is 1. The van der Waals surface area contributed by atoms with Crippen molar-refractivity contribution in [3.63, 3.8) is 0 Å². The van der Waals surface area contributed by atoms with Crippen molar-refractivity contribution < 1.29 is 22.4 Å². The number of nitrogens with zero attached hydrogens (tertiary/aromatic N) is 3. The molecular formula is C15H9F4N3OS. The standard InChI is InChI=1S/C15H9F4N3OS/c16-11-4-1-9(2-5-11)12(23)8-24-14-21-20-13-6-3-10(7-22(13)14)15(17,18)19/h1-7H,8H2. The molecule has 0 aliphatic carbocycles. The molecule has 24 heavy (non-hydrogen) atoms. The van der Waals surface area contributed by atoms with Gasteiger partial charge >= 0.3 is 6.18 Å². The molecule has 0 aliphatic heterocycles. The molecule has 0 unspecified atom stereocenters. The second kappa shape index (κ2) is 6.23. The maximum atomic E-state index is 12.8. The average molecular weight is 355 g/mol. The van der Waals surface area contributed by atoms with Gasteiger partial charge in [-0.25, -0.2) is 4.39 Å². The summed E-state index contributed by atoms with van der Waals surface area (Å²) < 4.78 is 52.4. The van der Waals surface area contributed by atoms with Crippen molar-refractivity contribution in [3.05, 3.63) is 59.5 Å². The third-order valence-corrected chi connectivity index (χ3v) is 4.14. The Balaban J connectivity index is 1.80. The summed E-state index contributed by atoms with van der Waals surface area (Å²) in [6.07, 6.45) is -3.59. The van der Waals surface area contributed by atoms with Crippen LogP contribution in [0.2, 0.25) is 0 Å². The molecule has 3 rings (SSSR count). The predicted octanol–water partition coefficient (Wildman–Crippen LogP) is 3.86. The van der Waals surface area contributed by atoms with Crippen LogP contribution in [0.5, 0.6) is 0 Å². The Labute approximate surface area is 137 Å². The lowest BCUT2D eigenvalue weighted by atomic mass is 10.1. The predicted molar refractivity (Wildman–Crippen MR) is 79.4 cm³/mol. The highest BCUT2D eigenvalue weighted by Crippen LogP contribution is 2.30. The van der Waals surface area contributed by atoms with Crippen molar-refractivity contribution in [3.8, 4) is 0 Å². The Hall–Kier alpha value is -2.42. The number of aromatic nitrogens is 3. The average Bonchev–Trinajstić information content (AvgIpc) is 2.95. The Morgan fingerprint density at radius 2 is 1.79 bits per heavy atom. The first-order valence-electron chi connectivity index (χ1n) is 6.68. The van der Waals surface area contributed by atoms with Gasteiger partial charge in [-0.3, -0.25) is 9.20 Å². The lowest BCUT2D eigenvalue weighted by Crippen LogP contribution is -2.07. The molecule has 4 nitrogen and oxygen atoms in total. The van der Waals surface area contributed by atoms with Gasteiger partial charge in [0, 0.05) is 11.8 Å². The molecule has 0 saturated carbocycles. The number of carbonyl (C=O) groups excluding carboxylic acids is 1. The summed E-state index contributed by atoms with van der Waals surface area (Å²) in [5.41, 5.74) is -0.269.